The first-order valence-electron chi connectivity index (χ1n) is 20.2. The summed E-state index contributed by atoms with van der Waals surface area (Å²) in [4.78, 5) is 65.5. The Kier molecular flexibility index (Phi) is 10.4. The van der Waals surface area contributed by atoms with E-state index in [1.807, 2.05) is 80.3 Å². The molecule has 2 bridgehead atoms. The second-order valence-electron chi connectivity index (χ2n) is 17.8. The molecule has 2 unspecified atom stereocenters. The average Bonchev–Trinajstić information content (AvgIpc) is 4.04. The quantitative estimate of drug-likeness (QED) is 0.218. The first-order valence-corrected chi connectivity index (χ1v) is 21.8. The Morgan fingerprint density at radius 2 is 1.81 bits per heavy atom. The number of ether oxygens (including phenoxy) is 3. The van der Waals surface area contributed by atoms with E-state index in [9.17, 15) is 27.6 Å². The number of ketones is 1. The maximum Gasteiger partial charge on any atom is 0.240 e. The van der Waals surface area contributed by atoms with Gasteiger partial charge in [0.1, 0.15) is 17.6 Å². The zero-order chi connectivity index (χ0) is 41.1. The molecule has 3 aliphatic heterocycles. The number of morpholine rings is 1. The molecule has 2 aromatic carbocycles. The second-order valence-corrected chi connectivity index (χ2v) is 19.7. The van der Waals surface area contributed by atoms with E-state index < -0.39 is 56.0 Å². The topological polar surface area (TPSA) is 162 Å². The molecule has 5 aliphatic rings. The van der Waals surface area contributed by atoms with Crippen molar-refractivity contribution in [1.29, 1.82) is 0 Å². The lowest BCUT2D eigenvalue weighted by molar-refractivity contribution is -0.149. The van der Waals surface area contributed by atoms with Crippen LogP contribution in [0, 0.1) is 22.7 Å². The molecular formula is C44H52N4O9S. The van der Waals surface area contributed by atoms with E-state index in [0.29, 0.717) is 48.7 Å². The van der Waals surface area contributed by atoms with E-state index >= 15 is 0 Å². The Morgan fingerprint density at radius 1 is 1.05 bits per heavy atom. The van der Waals surface area contributed by atoms with Gasteiger partial charge in [0.05, 0.1) is 66.2 Å². The van der Waals surface area contributed by atoms with Crippen LogP contribution in [0.2, 0.25) is 0 Å². The van der Waals surface area contributed by atoms with E-state index in [-0.39, 0.29) is 62.0 Å². The summed E-state index contributed by atoms with van der Waals surface area (Å²) in [5, 5.41) is 0.105. The SMILES string of the molecule is C=C[C@@H]1C[C@]1(CC(=O)[C@@H]1C[C@@H](Oc2cc(-c3ccccc3)nc3cc(OC)ccc23)CN1C(=O)[C@@H](CC(=O)N1CC2CC1CO2)C(C)(C)C)C(=O)NS(=O)(=O)C1CC1. The number of aromatic nitrogens is 1. The van der Waals surface area contributed by atoms with E-state index in [4.69, 9.17) is 19.2 Å². The number of sulfonamides is 1. The van der Waals surface area contributed by atoms with Crippen molar-refractivity contribution < 1.29 is 41.8 Å². The van der Waals surface area contributed by atoms with Crippen molar-refractivity contribution in [2.75, 3.05) is 26.8 Å². The minimum Gasteiger partial charge on any atom is -0.497 e. The molecule has 58 heavy (non-hydrogen) atoms. The monoisotopic (exact) mass is 812 g/mol. The average molecular weight is 813 g/mol. The van der Waals surface area contributed by atoms with Crippen LogP contribution < -0.4 is 14.2 Å². The van der Waals surface area contributed by atoms with Crippen LogP contribution in [0.25, 0.3) is 22.2 Å². The smallest absolute Gasteiger partial charge is 0.240 e. The van der Waals surface area contributed by atoms with Crippen LogP contribution in [0.5, 0.6) is 11.5 Å². The Balaban J connectivity index is 1.11. The lowest BCUT2D eigenvalue weighted by atomic mass is 9.77. The third-order valence-electron chi connectivity index (χ3n) is 12.8. The zero-order valence-electron chi connectivity index (χ0n) is 33.5. The van der Waals surface area contributed by atoms with Gasteiger partial charge in [-0.15, -0.1) is 6.58 Å². The molecule has 1 N–H and O–H groups in total. The zero-order valence-corrected chi connectivity index (χ0v) is 34.3. The minimum atomic E-state index is -3.87. The van der Waals surface area contributed by atoms with Gasteiger partial charge in [-0.2, -0.15) is 0 Å². The minimum absolute atomic E-state index is 0.00884. The van der Waals surface area contributed by atoms with Crippen molar-refractivity contribution >= 4 is 44.4 Å². The molecule has 14 heteroatoms. The molecule has 2 saturated carbocycles. The van der Waals surface area contributed by atoms with Gasteiger partial charge in [-0.25, -0.2) is 13.4 Å². The van der Waals surface area contributed by atoms with Crippen molar-refractivity contribution in [3.05, 3.63) is 67.3 Å². The molecule has 0 radical (unpaired) electrons. The van der Waals surface area contributed by atoms with Crippen molar-refractivity contribution in [3.63, 3.8) is 0 Å². The van der Waals surface area contributed by atoms with E-state index in [2.05, 4.69) is 11.3 Å². The van der Waals surface area contributed by atoms with Gasteiger partial charge in [-0.05, 0) is 49.1 Å². The highest BCUT2D eigenvalue weighted by atomic mass is 32.2. The van der Waals surface area contributed by atoms with Gasteiger partial charge in [-0.3, -0.25) is 23.9 Å². The van der Waals surface area contributed by atoms with Crippen molar-refractivity contribution in [2.45, 2.75) is 95.3 Å². The molecule has 308 valence electrons. The number of carbonyl (C=O) groups excluding carboxylic acids is 4. The normalized spacial score (nSPS) is 27.0. The number of nitrogens with one attached hydrogen (secondary N) is 1. The van der Waals surface area contributed by atoms with Crippen LogP contribution >= 0.6 is 0 Å². The summed E-state index contributed by atoms with van der Waals surface area (Å²) in [7, 11) is -2.28. The number of amides is 3. The first kappa shape index (κ1) is 40.0. The molecule has 13 nitrogen and oxygen atoms in total. The first-order chi connectivity index (χ1) is 27.6. The number of rotatable bonds is 14. The standard InChI is InChI=1S/C44H52N4O9S/c1-6-27-21-44(27,42(52)46-58(53,54)32-13-14-32)22-38(49)37-18-31(24-48(37)41(51)34(43(2,3)4)19-40(50)47-23-30-16-28(47)25-56-30)57-39-20-35(26-10-8-7-9-11-26)45-36-17-29(55-5)12-15-33(36)39/h6-12,15,17,20,27-28,30-32,34,37H,1,13-14,16,18-19,21-25H2,2-5H3,(H,46,52)/t27-,28?,30?,31-,34-,37+,44-/m1/s1. The fraction of sp³-hybridized carbons (Fsp3) is 0.523. The Bertz CT molecular complexity index is 2260. The van der Waals surface area contributed by atoms with E-state index in [1.165, 1.54) is 4.90 Å². The van der Waals surface area contributed by atoms with Gasteiger partial charge in [0.15, 0.2) is 5.78 Å². The summed E-state index contributed by atoms with van der Waals surface area (Å²) in [6, 6.07) is 16.0. The number of carbonyl (C=O) groups is 4. The lowest BCUT2D eigenvalue weighted by Gasteiger charge is -2.36. The summed E-state index contributed by atoms with van der Waals surface area (Å²) in [6.07, 6.45) is 2.79. The highest BCUT2D eigenvalue weighted by Gasteiger charge is 2.61. The van der Waals surface area contributed by atoms with Crippen LogP contribution in [-0.2, 0) is 33.9 Å². The maximum absolute atomic E-state index is 15.0. The predicted octanol–water partition coefficient (Wildman–Crippen LogP) is 5.07. The van der Waals surface area contributed by atoms with Crippen molar-refractivity contribution in [3.8, 4) is 22.8 Å². The number of fused-ring (bicyclic) bond motifs is 3. The van der Waals surface area contributed by atoms with Gasteiger partial charge >= 0.3 is 0 Å². The number of hydrogen-bond acceptors (Lipinski definition) is 10. The molecule has 0 spiro atoms. The number of hydrogen-bond donors (Lipinski definition) is 1. The molecule has 8 rings (SSSR count). The number of allylic oxidation sites excluding steroid dienone is 1. The van der Waals surface area contributed by atoms with Crippen LogP contribution in [-0.4, -0.2) is 103 Å². The van der Waals surface area contributed by atoms with Crippen LogP contribution in [0.4, 0.5) is 0 Å². The largest absolute Gasteiger partial charge is 0.497 e. The van der Waals surface area contributed by atoms with Crippen LogP contribution in [0.1, 0.15) is 65.7 Å². The van der Waals surface area contributed by atoms with Gasteiger partial charge in [0, 0.05) is 48.9 Å². The summed E-state index contributed by atoms with van der Waals surface area (Å²) >= 11 is 0. The molecule has 5 fully saturated rings. The number of nitrogens with zero attached hydrogens (tertiary/aromatic N) is 3. The molecule has 2 aliphatic carbocycles. The number of pyridine rings is 1. The fourth-order valence-corrected chi connectivity index (χ4v) is 10.4. The predicted molar refractivity (Wildman–Crippen MR) is 216 cm³/mol. The summed E-state index contributed by atoms with van der Waals surface area (Å²) in [6.45, 7) is 10.7. The molecule has 7 atom stereocenters. The summed E-state index contributed by atoms with van der Waals surface area (Å²) in [5.74, 6) is -1.58. The maximum atomic E-state index is 15.0. The highest BCUT2D eigenvalue weighted by molar-refractivity contribution is 7.90. The fourth-order valence-electron chi connectivity index (χ4n) is 9.04. The Morgan fingerprint density at radius 3 is 2.43 bits per heavy atom. The van der Waals surface area contributed by atoms with Gasteiger partial charge in [0.25, 0.3) is 0 Å². The second kappa shape index (κ2) is 15.1. The summed E-state index contributed by atoms with van der Waals surface area (Å²) in [5.41, 5.74) is 0.232. The Labute approximate surface area is 339 Å². The van der Waals surface area contributed by atoms with E-state index in [0.717, 1.165) is 17.4 Å². The molecule has 3 amide bonds. The van der Waals surface area contributed by atoms with E-state index in [1.54, 1.807) is 13.2 Å². The molecule has 4 heterocycles. The molecule has 3 aromatic rings. The molecule has 3 saturated heterocycles. The highest BCUT2D eigenvalue weighted by Crippen LogP contribution is 2.57. The third kappa shape index (κ3) is 7.72. The molecular weight excluding hydrogens is 761 g/mol. The third-order valence-corrected chi connectivity index (χ3v) is 14.6. The summed E-state index contributed by atoms with van der Waals surface area (Å²) < 4.78 is 46.0. The van der Waals surface area contributed by atoms with Crippen molar-refractivity contribution in [2.24, 2.45) is 22.7 Å². The van der Waals surface area contributed by atoms with Gasteiger partial charge in [-0.1, -0.05) is 57.2 Å². The number of Topliss-reactive ketones (excluding diaryl/α,β-unsaturated/α-hetero) is 1. The van der Waals surface area contributed by atoms with Crippen molar-refractivity contribution in [1.82, 2.24) is 19.5 Å². The lowest BCUT2D eigenvalue weighted by Crippen LogP contribution is -2.50. The van der Waals surface area contributed by atoms with Crippen LogP contribution in [0.3, 0.4) is 0 Å². The van der Waals surface area contributed by atoms with Gasteiger partial charge in [0.2, 0.25) is 27.7 Å². The van der Waals surface area contributed by atoms with Crippen LogP contribution in [0.15, 0.2) is 67.3 Å². The number of methoxy groups -OCH3 is 1. The number of likely N-dealkylation sites (tertiary alicyclic amines) is 2. The Hall–Kier alpha value is -4.82. The number of benzene rings is 2. The molecule has 1 aromatic heterocycles. The van der Waals surface area contributed by atoms with Gasteiger partial charge < -0.3 is 24.0 Å².